The number of urea groups is 1. The van der Waals surface area contributed by atoms with Crippen molar-refractivity contribution in [2.75, 3.05) is 17.7 Å². The van der Waals surface area contributed by atoms with Crippen LogP contribution in [0.5, 0.6) is 5.75 Å². The second-order valence-corrected chi connectivity index (χ2v) is 9.50. The van der Waals surface area contributed by atoms with Gasteiger partial charge in [0.2, 0.25) is 0 Å². The van der Waals surface area contributed by atoms with Crippen LogP contribution in [0, 0.1) is 5.82 Å². The number of para-hydroxylation sites is 1. The van der Waals surface area contributed by atoms with Gasteiger partial charge in [-0.1, -0.05) is 59.2 Å². The third kappa shape index (κ3) is 5.96. The summed E-state index contributed by atoms with van der Waals surface area (Å²) in [7, 11) is 1.48. The van der Waals surface area contributed by atoms with Crippen LogP contribution >= 0.6 is 0 Å². The van der Waals surface area contributed by atoms with Crippen LogP contribution in [-0.2, 0) is 6.54 Å². The first-order valence-electron chi connectivity index (χ1n) is 12.5. The highest BCUT2D eigenvalue weighted by atomic mass is 19.1. The van der Waals surface area contributed by atoms with Gasteiger partial charge in [0.15, 0.2) is 0 Å². The molecule has 192 valence electrons. The van der Waals surface area contributed by atoms with E-state index >= 15 is 0 Å². The van der Waals surface area contributed by atoms with E-state index in [0.717, 1.165) is 29.7 Å². The van der Waals surface area contributed by atoms with Crippen LogP contribution in [0.15, 0.2) is 53.5 Å². The van der Waals surface area contributed by atoms with E-state index in [9.17, 15) is 14.0 Å². The van der Waals surface area contributed by atoms with E-state index in [1.54, 1.807) is 16.8 Å². The van der Waals surface area contributed by atoms with E-state index < -0.39 is 11.8 Å². The molecule has 0 radical (unpaired) electrons. The molecule has 7 heteroatoms. The number of unbranched alkanes of at least 4 members (excludes halogenated alkanes) is 1. The predicted octanol–water partition coefficient (Wildman–Crippen LogP) is 7.35. The van der Waals surface area contributed by atoms with Crippen LogP contribution in [0.4, 0.5) is 20.6 Å². The molecule has 2 aromatic carbocycles. The Labute approximate surface area is 212 Å². The normalized spacial score (nSPS) is 11.1. The standard InChI is InChI=1S/C29H36FN3O3/c1-7-8-15-33-16-14-23(24-17-20(30)12-13-25(24)36-6)27(28(33)34)32-29(35)31-26-21(18(2)3)10-9-11-22(26)19(4)5/h9-14,16-19H,7-8,15H2,1-6H3,(H2,31,32,35). The van der Waals surface area contributed by atoms with Crippen LogP contribution in [0.25, 0.3) is 11.1 Å². The molecule has 2 amide bonds. The molecule has 0 fully saturated rings. The molecule has 6 nitrogen and oxygen atoms in total. The minimum absolute atomic E-state index is 0.0723. The highest BCUT2D eigenvalue weighted by molar-refractivity contribution is 6.03. The lowest BCUT2D eigenvalue weighted by Gasteiger charge is -2.21. The largest absolute Gasteiger partial charge is 0.496 e. The van der Waals surface area contributed by atoms with Crippen molar-refractivity contribution in [3.63, 3.8) is 0 Å². The van der Waals surface area contributed by atoms with Gasteiger partial charge in [0, 0.05) is 29.6 Å². The van der Waals surface area contributed by atoms with E-state index in [4.69, 9.17) is 4.74 Å². The van der Waals surface area contributed by atoms with Crippen LogP contribution < -0.4 is 20.9 Å². The summed E-state index contributed by atoms with van der Waals surface area (Å²) in [5.74, 6) is 0.310. The van der Waals surface area contributed by atoms with Gasteiger partial charge in [0.1, 0.15) is 17.3 Å². The first kappa shape index (κ1) is 27.0. The third-order valence-electron chi connectivity index (χ3n) is 6.22. The summed E-state index contributed by atoms with van der Waals surface area (Å²) in [6.07, 6.45) is 3.40. The number of benzene rings is 2. The first-order valence-corrected chi connectivity index (χ1v) is 12.5. The molecular weight excluding hydrogens is 457 g/mol. The monoisotopic (exact) mass is 493 g/mol. The van der Waals surface area contributed by atoms with E-state index in [2.05, 4.69) is 38.3 Å². The van der Waals surface area contributed by atoms with Gasteiger partial charge in [0.05, 0.1) is 7.11 Å². The maximum absolute atomic E-state index is 14.2. The molecule has 0 unspecified atom stereocenters. The molecule has 1 aromatic heterocycles. The summed E-state index contributed by atoms with van der Waals surface area (Å²) in [5.41, 5.74) is 3.26. The van der Waals surface area contributed by atoms with Gasteiger partial charge in [-0.15, -0.1) is 0 Å². The molecule has 0 bridgehead atoms. The number of aromatic nitrogens is 1. The van der Waals surface area contributed by atoms with E-state index in [0.29, 0.717) is 23.4 Å². The Bertz CT molecular complexity index is 1250. The van der Waals surface area contributed by atoms with Crippen LogP contribution in [0.2, 0.25) is 0 Å². The minimum Gasteiger partial charge on any atom is -0.496 e. The second kappa shape index (κ2) is 11.9. The SMILES string of the molecule is CCCCn1ccc(-c2cc(F)ccc2OC)c(NC(=O)Nc2c(C(C)C)cccc2C(C)C)c1=O. The number of nitrogens with one attached hydrogen (secondary N) is 2. The van der Waals surface area contributed by atoms with Gasteiger partial charge in [-0.05, 0) is 53.6 Å². The van der Waals surface area contributed by atoms with Crippen LogP contribution in [0.1, 0.15) is 70.4 Å². The van der Waals surface area contributed by atoms with Crippen molar-refractivity contribution in [3.05, 3.63) is 76.0 Å². The Morgan fingerprint density at radius 1 is 0.972 bits per heavy atom. The first-order chi connectivity index (χ1) is 17.2. The molecular formula is C29H36FN3O3. The van der Waals surface area contributed by atoms with Crippen molar-refractivity contribution in [3.8, 4) is 16.9 Å². The molecule has 3 rings (SSSR count). The lowest BCUT2D eigenvalue weighted by molar-refractivity contribution is 0.262. The zero-order valence-corrected chi connectivity index (χ0v) is 21.9. The molecule has 0 saturated heterocycles. The second-order valence-electron chi connectivity index (χ2n) is 9.50. The predicted molar refractivity (Wildman–Crippen MR) is 145 cm³/mol. The molecule has 0 aliphatic heterocycles. The fourth-order valence-corrected chi connectivity index (χ4v) is 4.27. The lowest BCUT2D eigenvalue weighted by Crippen LogP contribution is -2.29. The summed E-state index contributed by atoms with van der Waals surface area (Å²) in [5, 5.41) is 5.78. The van der Waals surface area contributed by atoms with E-state index in [1.807, 2.05) is 25.1 Å². The molecule has 3 aromatic rings. The number of aryl methyl sites for hydroxylation is 1. The van der Waals surface area contributed by atoms with Gasteiger partial charge in [0.25, 0.3) is 5.56 Å². The van der Waals surface area contributed by atoms with E-state index in [-0.39, 0.29) is 23.1 Å². The number of amides is 2. The average molecular weight is 494 g/mol. The minimum atomic E-state index is -0.535. The van der Waals surface area contributed by atoms with Crippen molar-refractivity contribution in [1.82, 2.24) is 4.57 Å². The third-order valence-corrected chi connectivity index (χ3v) is 6.22. The Morgan fingerprint density at radius 3 is 2.19 bits per heavy atom. The van der Waals surface area contributed by atoms with Gasteiger partial charge in [-0.2, -0.15) is 0 Å². The number of hydrogen-bond acceptors (Lipinski definition) is 3. The molecule has 0 saturated carbocycles. The number of hydrogen-bond donors (Lipinski definition) is 2. The van der Waals surface area contributed by atoms with Crippen molar-refractivity contribution >= 4 is 17.4 Å². The quantitative estimate of drug-likeness (QED) is 0.327. The fraction of sp³-hybridized carbons (Fsp3) is 0.379. The summed E-state index contributed by atoms with van der Waals surface area (Å²) >= 11 is 0. The number of nitrogens with zero attached hydrogens (tertiary/aromatic N) is 1. The smallest absolute Gasteiger partial charge is 0.323 e. The zero-order valence-electron chi connectivity index (χ0n) is 21.9. The highest BCUT2D eigenvalue weighted by Gasteiger charge is 2.20. The molecule has 1 heterocycles. The number of carbonyl (C=O) groups is 1. The summed E-state index contributed by atoms with van der Waals surface area (Å²) in [6.45, 7) is 10.8. The van der Waals surface area contributed by atoms with Crippen molar-refractivity contribution in [2.24, 2.45) is 0 Å². The van der Waals surface area contributed by atoms with Crippen molar-refractivity contribution in [1.29, 1.82) is 0 Å². The van der Waals surface area contributed by atoms with Gasteiger partial charge < -0.3 is 19.9 Å². The number of ether oxygens (including phenoxy) is 1. The summed E-state index contributed by atoms with van der Waals surface area (Å²) in [6, 6.07) is 11.3. The van der Waals surface area contributed by atoms with Crippen LogP contribution in [-0.4, -0.2) is 17.7 Å². The molecule has 0 aliphatic carbocycles. The summed E-state index contributed by atoms with van der Waals surface area (Å²) in [4.78, 5) is 26.8. The van der Waals surface area contributed by atoms with Crippen LogP contribution in [0.3, 0.4) is 0 Å². The molecule has 36 heavy (non-hydrogen) atoms. The molecule has 2 N–H and O–H groups in total. The number of anilines is 2. The summed E-state index contributed by atoms with van der Waals surface area (Å²) < 4.78 is 21.2. The van der Waals surface area contributed by atoms with Gasteiger partial charge in [-0.25, -0.2) is 9.18 Å². The van der Waals surface area contributed by atoms with Gasteiger partial charge >= 0.3 is 6.03 Å². The van der Waals surface area contributed by atoms with Crippen molar-refractivity contribution < 1.29 is 13.9 Å². The highest BCUT2D eigenvalue weighted by Crippen LogP contribution is 2.35. The van der Waals surface area contributed by atoms with Crippen molar-refractivity contribution in [2.45, 2.75) is 65.8 Å². The maximum atomic E-state index is 14.2. The molecule has 0 atom stereocenters. The Hall–Kier alpha value is -3.61. The van der Waals surface area contributed by atoms with E-state index in [1.165, 1.54) is 25.3 Å². The average Bonchev–Trinajstić information content (AvgIpc) is 2.84. The molecule has 0 aliphatic rings. The topological polar surface area (TPSA) is 72.4 Å². The number of pyridine rings is 1. The Morgan fingerprint density at radius 2 is 1.61 bits per heavy atom. The number of halogens is 1. The fourth-order valence-electron chi connectivity index (χ4n) is 4.27. The maximum Gasteiger partial charge on any atom is 0.323 e. The lowest BCUT2D eigenvalue weighted by atomic mass is 9.93. The zero-order chi connectivity index (χ0) is 26.4. The number of carbonyl (C=O) groups excluding carboxylic acids is 1. The van der Waals surface area contributed by atoms with Gasteiger partial charge in [-0.3, -0.25) is 4.79 Å². The Kier molecular flexibility index (Phi) is 8.91. The molecule has 0 spiro atoms. The number of rotatable bonds is 9. The Balaban J connectivity index is 2.09. The number of methoxy groups -OCH3 is 1.